The molecule has 3 heterocycles. The van der Waals surface area contributed by atoms with Crippen molar-refractivity contribution in [1.29, 1.82) is 0 Å². The molecular formula is C21H21N3O4S2. The fraction of sp³-hybridized carbons (Fsp3) is 0.333. The molecule has 2 saturated heterocycles. The predicted octanol–water partition coefficient (Wildman–Crippen LogP) is 2.37. The predicted molar refractivity (Wildman–Crippen MR) is 116 cm³/mol. The molecule has 7 nitrogen and oxygen atoms in total. The summed E-state index contributed by atoms with van der Waals surface area (Å²) in [5, 5.41) is 3.05. The molecule has 1 aromatic heterocycles. The summed E-state index contributed by atoms with van der Waals surface area (Å²) < 4.78 is 0. The summed E-state index contributed by atoms with van der Waals surface area (Å²) in [6.07, 6.45) is 0.308. The monoisotopic (exact) mass is 443 g/mol. The molecule has 1 N–H and O–H groups in total. The number of nitrogens with one attached hydrogen (secondary N) is 1. The highest BCUT2D eigenvalue weighted by molar-refractivity contribution is 8.15. The number of imide groups is 1. The molecule has 9 heteroatoms. The number of hydrogen-bond donors (Lipinski definition) is 1. The highest BCUT2D eigenvalue weighted by Crippen LogP contribution is 2.27. The second-order valence-corrected chi connectivity index (χ2v) is 9.46. The Hall–Kier alpha value is -2.65. The Morgan fingerprint density at radius 2 is 2.00 bits per heavy atom. The van der Waals surface area contributed by atoms with Gasteiger partial charge in [-0.05, 0) is 22.6 Å². The van der Waals surface area contributed by atoms with Gasteiger partial charge in [-0.2, -0.15) is 0 Å². The Morgan fingerprint density at radius 1 is 1.17 bits per heavy atom. The van der Waals surface area contributed by atoms with Crippen molar-refractivity contribution in [3.8, 4) is 10.4 Å². The molecule has 0 aliphatic carbocycles. The first kappa shape index (κ1) is 20.6. The third-order valence-corrected chi connectivity index (χ3v) is 7.22. The van der Waals surface area contributed by atoms with Crippen LogP contribution in [0.25, 0.3) is 10.4 Å². The lowest BCUT2D eigenvalue weighted by Crippen LogP contribution is -2.58. The topological polar surface area (TPSA) is 86.8 Å². The van der Waals surface area contributed by atoms with Crippen LogP contribution in [0.3, 0.4) is 0 Å². The number of piperazine rings is 1. The highest BCUT2D eigenvalue weighted by Gasteiger charge is 2.39. The van der Waals surface area contributed by atoms with Crippen LogP contribution in [-0.4, -0.2) is 64.2 Å². The van der Waals surface area contributed by atoms with Gasteiger partial charge in [0.25, 0.3) is 5.24 Å². The number of likely N-dealkylation sites (N-methyl/N-ethyl adjacent to an activating group) is 1. The van der Waals surface area contributed by atoms with Crippen molar-refractivity contribution in [2.24, 2.45) is 0 Å². The fourth-order valence-corrected chi connectivity index (χ4v) is 5.26. The fourth-order valence-electron chi connectivity index (χ4n) is 3.73. The van der Waals surface area contributed by atoms with Crippen LogP contribution in [0.15, 0.2) is 41.8 Å². The number of carbonyl (C=O) groups is 4. The normalized spacial score (nSPS) is 21.8. The number of thioether (sulfide) groups is 1. The summed E-state index contributed by atoms with van der Waals surface area (Å²) in [5.41, 5.74) is 2.05. The lowest BCUT2D eigenvalue weighted by atomic mass is 9.99. The zero-order chi connectivity index (χ0) is 21.3. The number of nitrogens with zero attached hydrogens (tertiary/aromatic N) is 2. The van der Waals surface area contributed by atoms with Gasteiger partial charge >= 0.3 is 0 Å². The van der Waals surface area contributed by atoms with Crippen molar-refractivity contribution in [3.63, 3.8) is 0 Å². The van der Waals surface area contributed by atoms with Crippen LogP contribution in [0.2, 0.25) is 0 Å². The van der Waals surface area contributed by atoms with E-state index >= 15 is 0 Å². The second kappa shape index (κ2) is 8.61. The van der Waals surface area contributed by atoms with Crippen molar-refractivity contribution in [1.82, 2.24) is 15.1 Å². The minimum atomic E-state index is -0.734. The van der Waals surface area contributed by atoms with E-state index in [1.165, 1.54) is 0 Å². The Labute approximate surface area is 182 Å². The van der Waals surface area contributed by atoms with E-state index in [2.05, 4.69) is 11.4 Å². The van der Waals surface area contributed by atoms with Crippen LogP contribution in [0.5, 0.6) is 0 Å². The number of thiophene rings is 1. The largest absolute Gasteiger partial charge is 0.342 e. The lowest BCUT2D eigenvalue weighted by Gasteiger charge is -2.39. The van der Waals surface area contributed by atoms with Crippen LogP contribution < -0.4 is 5.32 Å². The molecule has 1 aromatic carbocycles. The maximum atomic E-state index is 13.0. The molecule has 2 aromatic rings. The Morgan fingerprint density at radius 3 is 2.70 bits per heavy atom. The number of carbonyl (C=O) groups excluding carboxylic acids is 4. The van der Waals surface area contributed by atoms with Crippen LogP contribution >= 0.6 is 23.1 Å². The van der Waals surface area contributed by atoms with E-state index in [1.807, 2.05) is 35.7 Å². The van der Waals surface area contributed by atoms with E-state index in [9.17, 15) is 19.2 Å². The maximum Gasteiger partial charge on any atom is 0.286 e. The maximum absolute atomic E-state index is 13.0. The molecule has 4 rings (SSSR count). The van der Waals surface area contributed by atoms with E-state index in [0.29, 0.717) is 19.5 Å². The summed E-state index contributed by atoms with van der Waals surface area (Å²) in [6, 6.07) is 11.4. The minimum absolute atomic E-state index is 0.0923. The summed E-state index contributed by atoms with van der Waals surface area (Å²) in [6.45, 7) is 0.850. The molecule has 2 atom stereocenters. The molecule has 2 fully saturated rings. The zero-order valence-electron chi connectivity index (χ0n) is 16.4. The molecule has 0 saturated carbocycles. The first-order valence-corrected chi connectivity index (χ1v) is 11.4. The van der Waals surface area contributed by atoms with Crippen LogP contribution in [0, 0.1) is 0 Å². The highest BCUT2D eigenvalue weighted by atomic mass is 32.2. The molecule has 2 aliphatic rings. The van der Waals surface area contributed by atoms with Gasteiger partial charge in [-0.1, -0.05) is 42.1 Å². The number of amides is 4. The van der Waals surface area contributed by atoms with Crippen LogP contribution in [0.1, 0.15) is 12.0 Å². The first-order chi connectivity index (χ1) is 14.4. The molecular weight excluding hydrogens is 422 g/mol. The van der Waals surface area contributed by atoms with Crippen molar-refractivity contribution < 1.29 is 19.2 Å². The molecule has 0 radical (unpaired) electrons. The van der Waals surface area contributed by atoms with E-state index in [-0.39, 0.29) is 18.2 Å². The van der Waals surface area contributed by atoms with E-state index < -0.39 is 22.4 Å². The summed E-state index contributed by atoms with van der Waals surface area (Å²) >= 11 is 2.48. The minimum Gasteiger partial charge on any atom is -0.342 e. The van der Waals surface area contributed by atoms with E-state index in [0.717, 1.165) is 27.8 Å². The van der Waals surface area contributed by atoms with Gasteiger partial charge in [0.2, 0.25) is 17.7 Å². The van der Waals surface area contributed by atoms with Crippen molar-refractivity contribution in [2.75, 3.05) is 20.1 Å². The lowest BCUT2D eigenvalue weighted by molar-refractivity contribution is -0.150. The average Bonchev–Trinajstić information content (AvgIpc) is 3.36. The summed E-state index contributed by atoms with van der Waals surface area (Å²) in [4.78, 5) is 53.5. The Bertz CT molecular complexity index is 992. The van der Waals surface area contributed by atoms with Gasteiger partial charge in [-0.25, -0.2) is 0 Å². The van der Waals surface area contributed by atoms with Crippen LogP contribution in [-0.2, 0) is 20.8 Å². The third kappa shape index (κ3) is 4.27. The standard InChI is InChI=1S/C21H21N3O4S2/c1-23-7-8-24(18(25)12-17-19(26)22-21(28)30-17)15(20(23)27)11-13-4-2-5-14(10-13)16-6-3-9-29-16/h2-6,9-10,15,17H,7-8,11-12H2,1H3,(H,22,26,28). The van der Waals surface area contributed by atoms with Gasteiger partial charge in [-0.3, -0.25) is 24.5 Å². The van der Waals surface area contributed by atoms with Gasteiger partial charge in [0.15, 0.2) is 0 Å². The first-order valence-electron chi connectivity index (χ1n) is 9.61. The quantitative estimate of drug-likeness (QED) is 0.767. The summed E-state index contributed by atoms with van der Waals surface area (Å²) in [7, 11) is 1.73. The van der Waals surface area contributed by atoms with E-state index in [4.69, 9.17) is 0 Å². The number of hydrogen-bond acceptors (Lipinski definition) is 6. The Kier molecular flexibility index (Phi) is 5.92. The number of rotatable bonds is 5. The van der Waals surface area contributed by atoms with Crippen molar-refractivity contribution in [3.05, 3.63) is 47.3 Å². The van der Waals surface area contributed by atoms with Gasteiger partial charge < -0.3 is 9.80 Å². The zero-order valence-corrected chi connectivity index (χ0v) is 18.0. The SMILES string of the molecule is CN1CCN(C(=O)CC2SC(=O)NC2=O)C(Cc2cccc(-c3cccs3)c2)C1=O. The molecule has 156 valence electrons. The van der Waals surface area contributed by atoms with Crippen LogP contribution in [0.4, 0.5) is 4.79 Å². The summed E-state index contributed by atoms with van der Waals surface area (Å²) in [5.74, 6) is -0.840. The van der Waals surface area contributed by atoms with Gasteiger partial charge in [0, 0.05) is 37.9 Å². The molecule has 30 heavy (non-hydrogen) atoms. The van der Waals surface area contributed by atoms with Gasteiger partial charge in [-0.15, -0.1) is 11.3 Å². The van der Waals surface area contributed by atoms with E-state index in [1.54, 1.807) is 28.2 Å². The van der Waals surface area contributed by atoms with Crippen molar-refractivity contribution in [2.45, 2.75) is 24.1 Å². The molecule has 2 aliphatic heterocycles. The molecule has 0 bridgehead atoms. The number of benzene rings is 1. The smallest absolute Gasteiger partial charge is 0.286 e. The Balaban J connectivity index is 1.53. The van der Waals surface area contributed by atoms with Crippen molar-refractivity contribution >= 4 is 46.1 Å². The average molecular weight is 444 g/mol. The second-order valence-electron chi connectivity index (χ2n) is 7.33. The molecule has 0 spiro atoms. The van der Waals surface area contributed by atoms with Gasteiger partial charge in [0.05, 0.1) is 0 Å². The molecule has 2 unspecified atom stereocenters. The molecule has 4 amide bonds. The van der Waals surface area contributed by atoms with Gasteiger partial charge in [0.1, 0.15) is 11.3 Å². The third-order valence-electron chi connectivity index (χ3n) is 5.32.